The highest BCUT2D eigenvalue weighted by Crippen LogP contribution is 1.80. The fourth-order valence-electron chi connectivity index (χ4n) is 0.672. The highest BCUT2D eigenvalue weighted by Gasteiger charge is 2.07. The second-order valence-electron chi connectivity index (χ2n) is 2.31. The number of carbonyl (C=O) groups excluding carboxylic acids is 1. The second kappa shape index (κ2) is 5.92. The Hall–Kier alpha value is -0.830. The zero-order valence-corrected chi connectivity index (χ0v) is 7.35. The minimum Gasteiger partial charge on any atom is -0.358 e. The topological polar surface area (TPSA) is 41.1 Å². The van der Waals surface area contributed by atoms with Crippen LogP contribution in [0, 0.1) is 0 Å². The zero-order valence-electron chi connectivity index (χ0n) is 7.35. The number of hydrogen-bond donors (Lipinski definition) is 2. The van der Waals surface area contributed by atoms with Crippen LogP contribution < -0.4 is 10.6 Å². The van der Waals surface area contributed by atoms with E-state index in [1.807, 2.05) is 26.0 Å². The van der Waals surface area contributed by atoms with Gasteiger partial charge in [-0.1, -0.05) is 12.2 Å². The van der Waals surface area contributed by atoms with Crippen molar-refractivity contribution < 1.29 is 4.79 Å². The van der Waals surface area contributed by atoms with Gasteiger partial charge >= 0.3 is 0 Å². The Kier molecular flexibility index (Phi) is 5.47. The molecule has 0 aromatic carbocycles. The Morgan fingerprint density at radius 1 is 1.64 bits per heavy atom. The average Bonchev–Trinajstić information content (AvgIpc) is 2.03. The smallest absolute Gasteiger partial charge is 0.236 e. The molecule has 0 saturated carbocycles. The van der Waals surface area contributed by atoms with Crippen molar-refractivity contribution in [3.05, 3.63) is 12.2 Å². The second-order valence-corrected chi connectivity index (χ2v) is 2.31. The molecule has 1 unspecified atom stereocenters. The Balaban J connectivity index is 3.51. The summed E-state index contributed by atoms with van der Waals surface area (Å²) in [7, 11) is 1.64. The lowest BCUT2D eigenvalue weighted by atomic mass is 10.3. The number of amides is 1. The van der Waals surface area contributed by atoms with E-state index >= 15 is 0 Å². The van der Waals surface area contributed by atoms with Gasteiger partial charge in [0, 0.05) is 13.6 Å². The van der Waals surface area contributed by atoms with Crippen LogP contribution in [0.3, 0.4) is 0 Å². The van der Waals surface area contributed by atoms with Gasteiger partial charge in [-0.15, -0.1) is 0 Å². The molecule has 0 fully saturated rings. The summed E-state index contributed by atoms with van der Waals surface area (Å²) in [5.41, 5.74) is 0. The molecule has 0 bridgehead atoms. The molecule has 2 N–H and O–H groups in total. The third kappa shape index (κ3) is 4.56. The summed E-state index contributed by atoms with van der Waals surface area (Å²) < 4.78 is 0. The molecule has 1 atom stereocenters. The van der Waals surface area contributed by atoms with Crippen LogP contribution in [-0.2, 0) is 4.79 Å². The monoisotopic (exact) mass is 156 g/mol. The van der Waals surface area contributed by atoms with Crippen LogP contribution in [0.25, 0.3) is 0 Å². The standard InChI is InChI=1S/C8H16N2O/c1-4-5-6-10-7(2)8(11)9-3/h4-5,7,10H,6H2,1-3H3,(H,9,11)/b5-4+. The molecule has 64 valence electrons. The van der Waals surface area contributed by atoms with Crippen molar-refractivity contribution in [3.63, 3.8) is 0 Å². The van der Waals surface area contributed by atoms with Crippen LogP contribution in [0.2, 0.25) is 0 Å². The van der Waals surface area contributed by atoms with Gasteiger partial charge in [0.2, 0.25) is 5.91 Å². The molecular formula is C8H16N2O. The molecular weight excluding hydrogens is 140 g/mol. The van der Waals surface area contributed by atoms with Crippen molar-refractivity contribution in [2.45, 2.75) is 19.9 Å². The number of likely N-dealkylation sites (N-methyl/N-ethyl adjacent to an activating group) is 1. The Labute approximate surface area is 67.9 Å². The van der Waals surface area contributed by atoms with Crippen molar-refractivity contribution in [3.8, 4) is 0 Å². The molecule has 3 heteroatoms. The first-order chi connectivity index (χ1) is 5.22. The average molecular weight is 156 g/mol. The van der Waals surface area contributed by atoms with Crippen molar-refractivity contribution in [1.82, 2.24) is 10.6 Å². The van der Waals surface area contributed by atoms with Crippen molar-refractivity contribution in [2.24, 2.45) is 0 Å². The molecule has 0 radical (unpaired) electrons. The van der Waals surface area contributed by atoms with Crippen LogP contribution in [0.5, 0.6) is 0 Å². The van der Waals surface area contributed by atoms with Gasteiger partial charge in [0.1, 0.15) is 0 Å². The van der Waals surface area contributed by atoms with E-state index in [0.717, 1.165) is 6.54 Å². The summed E-state index contributed by atoms with van der Waals surface area (Å²) >= 11 is 0. The maximum Gasteiger partial charge on any atom is 0.236 e. The molecule has 0 aliphatic heterocycles. The van der Waals surface area contributed by atoms with E-state index in [9.17, 15) is 4.79 Å². The first kappa shape index (κ1) is 10.2. The predicted octanol–water partition coefficient (Wildman–Crippen LogP) is 0.287. The van der Waals surface area contributed by atoms with Crippen molar-refractivity contribution >= 4 is 5.91 Å². The third-order valence-corrected chi connectivity index (χ3v) is 1.42. The Bertz CT molecular complexity index is 143. The highest BCUT2D eigenvalue weighted by molar-refractivity contribution is 5.80. The van der Waals surface area contributed by atoms with Gasteiger partial charge in [0.15, 0.2) is 0 Å². The summed E-state index contributed by atoms with van der Waals surface area (Å²) in [6, 6.07) is -0.115. The van der Waals surface area contributed by atoms with Gasteiger partial charge in [-0.3, -0.25) is 4.79 Å². The van der Waals surface area contributed by atoms with Gasteiger partial charge in [-0.25, -0.2) is 0 Å². The van der Waals surface area contributed by atoms with E-state index in [0.29, 0.717) is 0 Å². The lowest BCUT2D eigenvalue weighted by Crippen LogP contribution is -2.40. The van der Waals surface area contributed by atoms with E-state index in [1.165, 1.54) is 0 Å². The summed E-state index contributed by atoms with van der Waals surface area (Å²) in [4.78, 5) is 10.9. The summed E-state index contributed by atoms with van der Waals surface area (Å²) in [6.45, 7) is 4.53. The highest BCUT2D eigenvalue weighted by atomic mass is 16.2. The molecule has 11 heavy (non-hydrogen) atoms. The maximum atomic E-state index is 10.9. The molecule has 0 saturated heterocycles. The van der Waals surface area contributed by atoms with Crippen molar-refractivity contribution in [1.29, 1.82) is 0 Å². The van der Waals surface area contributed by atoms with Crippen LogP contribution >= 0.6 is 0 Å². The Morgan fingerprint density at radius 3 is 2.73 bits per heavy atom. The number of rotatable bonds is 4. The van der Waals surface area contributed by atoms with E-state index < -0.39 is 0 Å². The number of carbonyl (C=O) groups is 1. The van der Waals surface area contributed by atoms with Gasteiger partial charge in [0.05, 0.1) is 6.04 Å². The molecule has 0 spiro atoms. The summed E-state index contributed by atoms with van der Waals surface area (Å²) in [6.07, 6.45) is 3.92. The molecule has 0 aromatic heterocycles. The van der Waals surface area contributed by atoms with Crippen LogP contribution in [0.15, 0.2) is 12.2 Å². The zero-order chi connectivity index (χ0) is 8.69. The third-order valence-electron chi connectivity index (χ3n) is 1.42. The first-order valence-electron chi connectivity index (χ1n) is 3.78. The minimum absolute atomic E-state index is 0.0227. The van der Waals surface area contributed by atoms with Gasteiger partial charge in [0.25, 0.3) is 0 Å². The fraction of sp³-hybridized carbons (Fsp3) is 0.625. The predicted molar refractivity (Wildman–Crippen MR) is 46.3 cm³/mol. The number of allylic oxidation sites excluding steroid dienone is 1. The molecule has 0 aliphatic rings. The van der Waals surface area contributed by atoms with Gasteiger partial charge < -0.3 is 10.6 Å². The van der Waals surface area contributed by atoms with E-state index in [4.69, 9.17) is 0 Å². The van der Waals surface area contributed by atoms with E-state index in [2.05, 4.69) is 10.6 Å². The van der Waals surface area contributed by atoms with Crippen LogP contribution in [-0.4, -0.2) is 25.5 Å². The molecule has 0 heterocycles. The minimum atomic E-state index is -0.115. The summed E-state index contributed by atoms with van der Waals surface area (Å²) in [5, 5.41) is 5.60. The normalized spacial score (nSPS) is 13.4. The maximum absolute atomic E-state index is 10.9. The largest absolute Gasteiger partial charge is 0.358 e. The molecule has 0 aliphatic carbocycles. The lowest BCUT2D eigenvalue weighted by molar-refractivity contribution is -0.122. The van der Waals surface area contributed by atoms with Crippen LogP contribution in [0.1, 0.15) is 13.8 Å². The summed E-state index contributed by atoms with van der Waals surface area (Å²) in [5.74, 6) is 0.0227. The lowest BCUT2D eigenvalue weighted by Gasteiger charge is -2.09. The number of nitrogens with one attached hydrogen (secondary N) is 2. The quantitative estimate of drug-likeness (QED) is 0.574. The Morgan fingerprint density at radius 2 is 2.27 bits per heavy atom. The van der Waals surface area contributed by atoms with Crippen LogP contribution in [0.4, 0.5) is 0 Å². The SMILES string of the molecule is C/C=C/CNC(C)C(=O)NC. The van der Waals surface area contributed by atoms with E-state index in [1.54, 1.807) is 7.05 Å². The first-order valence-corrected chi connectivity index (χ1v) is 3.78. The fourth-order valence-corrected chi connectivity index (χ4v) is 0.672. The van der Waals surface area contributed by atoms with E-state index in [-0.39, 0.29) is 11.9 Å². The molecule has 1 amide bonds. The van der Waals surface area contributed by atoms with Crippen molar-refractivity contribution in [2.75, 3.05) is 13.6 Å². The number of hydrogen-bond acceptors (Lipinski definition) is 2. The van der Waals surface area contributed by atoms with Gasteiger partial charge in [-0.2, -0.15) is 0 Å². The molecule has 0 rings (SSSR count). The molecule has 3 nitrogen and oxygen atoms in total. The molecule has 0 aromatic rings. The van der Waals surface area contributed by atoms with Gasteiger partial charge in [-0.05, 0) is 13.8 Å².